The molecule has 2 amide bonds. The maximum Gasteiger partial charge on any atom is 0.240 e. The highest BCUT2D eigenvalue weighted by Crippen LogP contribution is 2.54. The Kier molecular flexibility index (Phi) is 5.07. The smallest absolute Gasteiger partial charge is 0.240 e. The minimum atomic E-state index is -0.787. The Labute approximate surface area is 209 Å². The van der Waals surface area contributed by atoms with Gasteiger partial charge in [-0.2, -0.15) is 0 Å². The van der Waals surface area contributed by atoms with Crippen LogP contribution in [0.25, 0.3) is 6.08 Å². The molecule has 0 bridgehead atoms. The molecule has 4 atom stereocenters. The summed E-state index contributed by atoms with van der Waals surface area (Å²) in [6.45, 7) is 3.88. The fraction of sp³-hybridized carbons (Fsp3) is 0.233. The largest absolute Gasteiger partial charge is 0.497 e. The number of benzene rings is 3. The number of rotatable bonds is 4. The van der Waals surface area contributed by atoms with Gasteiger partial charge in [0.2, 0.25) is 11.8 Å². The van der Waals surface area contributed by atoms with Crippen LogP contribution in [0.4, 0.5) is 5.69 Å². The van der Waals surface area contributed by atoms with E-state index in [1.54, 1.807) is 31.4 Å². The molecule has 2 fully saturated rings. The van der Waals surface area contributed by atoms with Crippen molar-refractivity contribution >= 4 is 29.4 Å². The van der Waals surface area contributed by atoms with Crippen molar-refractivity contribution in [3.63, 3.8) is 0 Å². The molecule has 6 heteroatoms. The van der Waals surface area contributed by atoms with Gasteiger partial charge in [0, 0.05) is 11.8 Å². The van der Waals surface area contributed by atoms with E-state index in [4.69, 9.17) is 4.74 Å². The van der Waals surface area contributed by atoms with E-state index >= 15 is 0 Å². The molecule has 2 saturated heterocycles. The molecule has 1 unspecified atom stereocenters. The number of methoxy groups -OCH3 is 1. The van der Waals surface area contributed by atoms with Crippen LogP contribution >= 0.6 is 0 Å². The first kappa shape index (κ1) is 22.3. The fourth-order valence-corrected chi connectivity index (χ4v) is 6.08. The number of ketones is 1. The average Bonchev–Trinajstić information content (AvgIpc) is 3.36. The van der Waals surface area contributed by atoms with Crippen LogP contribution in [0.5, 0.6) is 5.75 Å². The third kappa shape index (κ3) is 3.14. The lowest BCUT2D eigenvalue weighted by Gasteiger charge is -2.35. The first-order valence-electron chi connectivity index (χ1n) is 12.1. The van der Waals surface area contributed by atoms with Gasteiger partial charge < -0.3 is 9.64 Å². The predicted octanol–water partition coefficient (Wildman–Crippen LogP) is 4.71. The number of Topliss-reactive ketones (excluding diaryl/α,β-unsaturated/α-hetero) is 1. The summed E-state index contributed by atoms with van der Waals surface area (Å²) in [5.41, 5.74) is 4.95. The van der Waals surface area contributed by atoms with Crippen molar-refractivity contribution in [2.75, 3.05) is 12.0 Å². The number of anilines is 1. The summed E-state index contributed by atoms with van der Waals surface area (Å²) in [4.78, 5) is 45.2. The van der Waals surface area contributed by atoms with E-state index in [0.717, 1.165) is 22.3 Å². The van der Waals surface area contributed by atoms with E-state index in [-0.39, 0.29) is 17.6 Å². The second-order valence-corrected chi connectivity index (χ2v) is 9.73. The van der Waals surface area contributed by atoms with Crippen LogP contribution in [-0.2, 0) is 9.59 Å². The maximum absolute atomic E-state index is 14.0. The molecule has 6 nitrogen and oxygen atoms in total. The summed E-state index contributed by atoms with van der Waals surface area (Å²) >= 11 is 0. The number of fused-ring (bicyclic) bond motifs is 5. The first-order valence-corrected chi connectivity index (χ1v) is 12.1. The SMILES string of the molecule is COc1ccc(C(=O)[C@@H]2[C@@H]3C(=O)N(c4ccc(C)cc4C)C(=O)[C@@H]3C3c4ccccc4C=CN32)cc1. The van der Waals surface area contributed by atoms with E-state index in [0.29, 0.717) is 17.0 Å². The van der Waals surface area contributed by atoms with E-state index in [2.05, 4.69) is 0 Å². The molecule has 0 aromatic heterocycles. The van der Waals surface area contributed by atoms with Gasteiger partial charge in [0.05, 0.1) is 30.7 Å². The lowest BCUT2D eigenvalue weighted by Crippen LogP contribution is -2.44. The molecule has 3 aliphatic rings. The molecule has 36 heavy (non-hydrogen) atoms. The van der Waals surface area contributed by atoms with Crippen molar-refractivity contribution < 1.29 is 19.1 Å². The number of ether oxygens (including phenoxy) is 1. The fourth-order valence-electron chi connectivity index (χ4n) is 6.08. The number of carbonyl (C=O) groups is 3. The number of carbonyl (C=O) groups excluding carboxylic acids is 3. The van der Waals surface area contributed by atoms with E-state index in [1.165, 1.54) is 4.90 Å². The van der Waals surface area contributed by atoms with E-state index in [9.17, 15) is 14.4 Å². The quantitative estimate of drug-likeness (QED) is 0.401. The maximum atomic E-state index is 14.0. The molecule has 0 N–H and O–H groups in total. The van der Waals surface area contributed by atoms with Crippen LogP contribution in [-0.4, -0.2) is 35.6 Å². The topological polar surface area (TPSA) is 66.9 Å². The van der Waals surface area contributed by atoms with E-state index < -0.39 is 23.9 Å². The number of imide groups is 1. The highest BCUT2D eigenvalue weighted by Gasteiger charge is 2.64. The number of nitrogens with zero attached hydrogens (tertiary/aromatic N) is 2. The van der Waals surface area contributed by atoms with Gasteiger partial charge in [-0.15, -0.1) is 0 Å². The van der Waals surface area contributed by atoms with Gasteiger partial charge in [-0.3, -0.25) is 14.4 Å². The molecule has 3 heterocycles. The van der Waals surface area contributed by atoms with Crippen LogP contribution in [0.3, 0.4) is 0 Å². The summed E-state index contributed by atoms with van der Waals surface area (Å²) in [5, 5.41) is 0. The Bertz CT molecular complexity index is 1440. The third-order valence-electron chi connectivity index (χ3n) is 7.70. The van der Waals surface area contributed by atoms with Crippen LogP contribution in [0, 0.1) is 25.7 Å². The van der Waals surface area contributed by atoms with Gasteiger partial charge in [0.25, 0.3) is 0 Å². The van der Waals surface area contributed by atoms with Crippen LogP contribution < -0.4 is 9.64 Å². The monoisotopic (exact) mass is 478 g/mol. The molecule has 180 valence electrons. The van der Waals surface area contributed by atoms with Gasteiger partial charge in [-0.25, -0.2) is 4.90 Å². The number of hydrogen-bond donors (Lipinski definition) is 0. The summed E-state index contributed by atoms with van der Waals surface area (Å²) in [5.74, 6) is -1.53. The summed E-state index contributed by atoms with van der Waals surface area (Å²) in [6.07, 6.45) is 3.83. The van der Waals surface area contributed by atoms with Crippen LogP contribution in [0.2, 0.25) is 0 Å². The Morgan fingerprint density at radius 2 is 1.61 bits per heavy atom. The second kappa shape index (κ2) is 8.19. The Hall–Kier alpha value is -4.19. The molecule has 3 aromatic carbocycles. The standard InChI is InChI=1S/C30H26N2O4/c1-17-8-13-23(18(2)16-17)32-29(34)24-25(30(32)35)27(28(33)20-9-11-21(36-3)12-10-20)31-15-14-19-6-4-5-7-22(19)26(24)31/h4-16,24-27H,1-3H3/t24-,25+,26?,27-/m0/s1. The van der Waals surface area contributed by atoms with Crippen molar-refractivity contribution in [2.45, 2.75) is 25.9 Å². The average molecular weight is 479 g/mol. The molecular formula is C30H26N2O4. The molecule has 0 saturated carbocycles. The van der Waals surface area contributed by atoms with Gasteiger partial charge in [-0.05, 0) is 66.9 Å². The minimum Gasteiger partial charge on any atom is -0.497 e. The van der Waals surface area contributed by atoms with Crippen molar-refractivity contribution in [1.82, 2.24) is 4.90 Å². The Morgan fingerprint density at radius 3 is 2.33 bits per heavy atom. The number of aryl methyl sites for hydroxylation is 2. The summed E-state index contributed by atoms with van der Waals surface area (Å²) < 4.78 is 5.24. The van der Waals surface area contributed by atoms with Crippen molar-refractivity contribution in [3.05, 3.63) is 101 Å². The van der Waals surface area contributed by atoms with Crippen LogP contribution in [0.1, 0.15) is 38.7 Å². The zero-order valence-electron chi connectivity index (χ0n) is 20.3. The lowest BCUT2D eigenvalue weighted by atomic mass is 9.83. The first-order chi connectivity index (χ1) is 17.4. The minimum absolute atomic E-state index is 0.178. The van der Waals surface area contributed by atoms with Crippen molar-refractivity contribution in [1.29, 1.82) is 0 Å². The molecular weight excluding hydrogens is 452 g/mol. The van der Waals surface area contributed by atoms with Crippen LogP contribution in [0.15, 0.2) is 72.9 Å². The van der Waals surface area contributed by atoms with Crippen molar-refractivity contribution in [3.8, 4) is 5.75 Å². The van der Waals surface area contributed by atoms with Gasteiger partial charge in [0.1, 0.15) is 11.8 Å². The predicted molar refractivity (Wildman–Crippen MR) is 137 cm³/mol. The highest BCUT2D eigenvalue weighted by molar-refractivity contribution is 6.25. The summed E-state index contributed by atoms with van der Waals surface area (Å²) in [7, 11) is 1.57. The lowest BCUT2D eigenvalue weighted by molar-refractivity contribution is -0.123. The molecule has 6 rings (SSSR count). The zero-order chi connectivity index (χ0) is 25.1. The van der Waals surface area contributed by atoms with Gasteiger partial charge in [-0.1, -0.05) is 42.0 Å². The Morgan fingerprint density at radius 1 is 0.889 bits per heavy atom. The normalized spacial score (nSPS) is 24.0. The van der Waals surface area contributed by atoms with Gasteiger partial charge >= 0.3 is 0 Å². The van der Waals surface area contributed by atoms with Gasteiger partial charge in [0.15, 0.2) is 5.78 Å². The third-order valence-corrected chi connectivity index (χ3v) is 7.70. The van der Waals surface area contributed by atoms with Crippen molar-refractivity contribution in [2.24, 2.45) is 11.8 Å². The summed E-state index contributed by atoms with van der Waals surface area (Å²) in [6, 6.07) is 19.3. The van der Waals surface area contributed by atoms with E-state index in [1.807, 2.05) is 73.5 Å². The molecule has 0 aliphatic carbocycles. The molecule has 0 spiro atoms. The number of hydrogen-bond acceptors (Lipinski definition) is 5. The number of amides is 2. The zero-order valence-corrected chi connectivity index (χ0v) is 20.3. The molecule has 3 aliphatic heterocycles. The Balaban J connectivity index is 1.49. The molecule has 0 radical (unpaired) electrons. The molecule has 3 aromatic rings. The highest BCUT2D eigenvalue weighted by atomic mass is 16.5. The second-order valence-electron chi connectivity index (χ2n) is 9.73.